The van der Waals surface area contributed by atoms with Crippen LogP contribution in [0.4, 0.5) is 10.5 Å². The van der Waals surface area contributed by atoms with Gasteiger partial charge in [-0.15, -0.1) is 0 Å². The number of pyridine rings is 1. The van der Waals surface area contributed by atoms with Crippen molar-refractivity contribution in [3.63, 3.8) is 0 Å². The largest absolute Gasteiger partial charge is 0.465 e. The van der Waals surface area contributed by atoms with Crippen LogP contribution in [-0.4, -0.2) is 22.8 Å². The number of anilines is 1. The fourth-order valence-electron chi connectivity index (χ4n) is 1.89. The Bertz CT molecular complexity index is 735. The Balaban J connectivity index is 2.02. The van der Waals surface area contributed by atoms with E-state index in [-0.39, 0.29) is 11.3 Å². The molecular formula is C14H9N3O4. The van der Waals surface area contributed by atoms with Crippen molar-refractivity contribution in [3.05, 3.63) is 54.3 Å². The first-order valence-electron chi connectivity index (χ1n) is 6.02. The molecule has 7 nitrogen and oxygen atoms in total. The number of carbonyl (C=O) groups is 3. The molecule has 0 aromatic carbocycles. The normalized spacial score (nSPS) is 17.2. The number of rotatable bonds is 2. The lowest BCUT2D eigenvalue weighted by molar-refractivity contribution is -0.122. The third-order valence-electron chi connectivity index (χ3n) is 2.84. The van der Waals surface area contributed by atoms with E-state index in [0.29, 0.717) is 5.76 Å². The van der Waals surface area contributed by atoms with E-state index in [4.69, 9.17) is 4.42 Å². The van der Waals surface area contributed by atoms with Crippen molar-refractivity contribution in [2.45, 2.75) is 0 Å². The number of furan rings is 1. The molecule has 0 aliphatic carbocycles. The highest BCUT2D eigenvalue weighted by molar-refractivity contribution is 6.39. The molecule has 0 spiro atoms. The second-order valence-electron chi connectivity index (χ2n) is 4.18. The average Bonchev–Trinajstić information content (AvgIpc) is 2.97. The standard InChI is InChI=1S/C14H9N3O4/c18-12-11(7-10-4-2-6-21-10)13(19)17(14(20)16-12)9-3-1-5-15-8-9/h1-8H,(H,16,18,20)/b11-7+. The number of aromatic nitrogens is 1. The van der Waals surface area contributed by atoms with E-state index >= 15 is 0 Å². The molecule has 1 saturated heterocycles. The van der Waals surface area contributed by atoms with Crippen LogP contribution in [-0.2, 0) is 9.59 Å². The number of imide groups is 2. The van der Waals surface area contributed by atoms with Gasteiger partial charge < -0.3 is 4.42 Å². The molecule has 1 fully saturated rings. The monoisotopic (exact) mass is 283 g/mol. The summed E-state index contributed by atoms with van der Waals surface area (Å²) in [7, 11) is 0. The van der Waals surface area contributed by atoms with Crippen LogP contribution in [0.15, 0.2) is 52.9 Å². The average molecular weight is 283 g/mol. The SMILES string of the molecule is O=C1NC(=O)N(c2cccnc2)C(=O)/C1=C/c1ccco1. The minimum atomic E-state index is -0.811. The Morgan fingerprint density at radius 3 is 2.71 bits per heavy atom. The molecular weight excluding hydrogens is 274 g/mol. The molecule has 2 aromatic heterocycles. The molecule has 1 aliphatic heterocycles. The maximum Gasteiger partial charge on any atom is 0.336 e. The summed E-state index contributed by atoms with van der Waals surface area (Å²) in [6.45, 7) is 0. The van der Waals surface area contributed by atoms with E-state index in [1.165, 1.54) is 24.7 Å². The predicted octanol–water partition coefficient (Wildman–Crippen LogP) is 1.34. The third kappa shape index (κ3) is 2.32. The topological polar surface area (TPSA) is 92.5 Å². The van der Waals surface area contributed by atoms with Crippen LogP contribution in [0.2, 0.25) is 0 Å². The molecule has 2 aromatic rings. The van der Waals surface area contributed by atoms with E-state index in [2.05, 4.69) is 10.3 Å². The Labute approximate surface area is 118 Å². The molecule has 7 heteroatoms. The van der Waals surface area contributed by atoms with E-state index in [0.717, 1.165) is 4.90 Å². The first-order chi connectivity index (χ1) is 10.2. The van der Waals surface area contributed by atoms with E-state index in [1.54, 1.807) is 24.3 Å². The first-order valence-corrected chi connectivity index (χ1v) is 6.02. The van der Waals surface area contributed by atoms with Gasteiger partial charge in [-0.25, -0.2) is 9.69 Å². The number of hydrogen-bond acceptors (Lipinski definition) is 5. The quantitative estimate of drug-likeness (QED) is 0.663. The molecule has 1 aliphatic rings. The predicted molar refractivity (Wildman–Crippen MR) is 71.9 cm³/mol. The molecule has 0 saturated carbocycles. The second-order valence-corrected chi connectivity index (χ2v) is 4.18. The number of carbonyl (C=O) groups excluding carboxylic acids is 3. The zero-order chi connectivity index (χ0) is 14.8. The van der Waals surface area contributed by atoms with Gasteiger partial charge in [0.25, 0.3) is 11.8 Å². The second kappa shape index (κ2) is 5.04. The van der Waals surface area contributed by atoms with Gasteiger partial charge in [-0.1, -0.05) is 0 Å². The molecule has 21 heavy (non-hydrogen) atoms. The van der Waals surface area contributed by atoms with Gasteiger partial charge in [-0.3, -0.25) is 19.9 Å². The lowest BCUT2D eigenvalue weighted by atomic mass is 10.1. The fraction of sp³-hybridized carbons (Fsp3) is 0. The van der Waals surface area contributed by atoms with Crippen molar-refractivity contribution >= 4 is 29.6 Å². The zero-order valence-corrected chi connectivity index (χ0v) is 10.6. The molecule has 1 N–H and O–H groups in total. The zero-order valence-electron chi connectivity index (χ0n) is 10.6. The van der Waals surface area contributed by atoms with Crippen molar-refractivity contribution in [2.24, 2.45) is 0 Å². The van der Waals surface area contributed by atoms with Gasteiger partial charge >= 0.3 is 6.03 Å². The smallest absolute Gasteiger partial charge is 0.336 e. The minimum absolute atomic E-state index is 0.187. The van der Waals surface area contributed by atoms with Crippen LogP contribution in [0.3, 0.4) is 0 Å². The number of hydrogen-bond donors (Lipinski definition) is 1. The highest BCUT2D eigenvalue weighted by Crippen LogP contribution is 2.20. The van der Waals surface area contributed by atoms with Crippen LogP contribution in [0.5, 0.6) is 0 Å². The Morgan fingerprint density at radius 1 is 1.19 bits per heavy atom. The van der Waals surface area contributed by atoms with Gasteiger partial charge in [-0.05, 0) is 30.3 Å². The highest BCUT2D eigenvalue weighted by Gasteiger charge is 2.37. The summed E-state index contributed by atoms with van der Waals surface area (Å²) in [6, 6.07) is 5.54. The van der Waals surface area contributed by atoms with Gasteiger partial charge in [0.2, 0.25) is 0 Å². The molecule has 0 unspecified atom stereocenters. The number of barbiturate groups is 1. The van der Waals surface area contributed by atoms with Crippen LogP contribution >= 0.6 is 0 Å². The lowest BCUT2D eigenvalue weighted by Crippen LogP contribution is -2.54. The van der Waals surface area contributed by atoms with Gasteiger partial charge in [0, 0.05) is 6.20 Å². The van der Waals surface area contributed by atoms with Crippen molar-refractivity contribution < 1.29 is 18.8 Å². The Kier molecular flexibility index (Phi) is 3.07. The molecule has 104 valence electrons. The third-order valence-corrected chi connectivity index (χ3v) is 2.84. The van der Waals surface area contributed by atoms with Crippen molar-refractivity contribution in [3.8, 4) is 0 Å². The summed E-state index contributed by atoms with van der Waals surface area (Å²) < 4.78 is 5.08. The van der Waals surface area contributed by atoms with Crippen molar-refractivity contribution in [1.29, 1.82) is 0 Å². The van der Waals surface area contributed by atoms with Crippen LogP contribution < -0.4 is 10.2 Å². The van der Waals surface area contributed by atoms with Gasteiger partial charge in [0.15, 0.2) is 0 Å². The molecule has 0 bridgehead atoms. The van der Waals surface area contributed by atoms with Crippen LogP contribution in [0.25, 0.3) is 6.08 Å². The number of nitrogens with one attached hydrogen (secondary N) is 1. The van der Waals surface area contributed by atoms with E-state index < -0.39 is 17.8 Å². The molecule has 0 atom stereocenters. The summed E-state index contributed by atoms with van der Waals surface area (Å²) in [5, 5.41) is 2.11. The summed E-state index contributed by atoms with van der Waals surface area (Å²) in [5.74, 6) is -1.15. The number of urea groups is 1. The number of amides is 4. The Morgan fingerprint density at radius 2 is 2.05 bits per heavy atom. The summed E-state index contributed by atoms with van der Waals surface area (Å²) >= 11 is 0. The summed E-state index contributed by atoms with van der Waals surface area (Å²) in [5.41, 5.74) is 0.0891. The van der Waals surface area contributed by atoms with Gasteiger partial charge in [-0.2, -0.15) is 0 Å². The van der Waals surface area contributed by atoms with Crippen LogP contribution in [0, 0.1) is 0 Å². The summed E-state index contributed by atoms with van der Waals surface area (Å²) in [4.78, 5) is 40.8. The van der Waals surface area contributed by atoms with Crippen LogP contribution in [0.1, 0.15) is 5.76 Å². The molecule has 3 heterocycles. The van der Waals surface area contributed by atoms with E-state index in [9.17, 15) is 14.4 Å². The maximum atomic E-state index is 12.4. The van der Waals surface area contributed by atoms with Crippen molar-refractivity contribution in [1.82, 2.24) is 10.3 Å². The molecule has 4 amide bonds. The fourth-order valence-corrected chi connectivity index (χ4v) is 1.89. The molecule has 3 rings (SSSR count). The van der Waals surface area contributed by atoms with Gasteiger partial charge in [0.1, 0.15) is 11.3 Å². The lowest BCUT2D eigenvalue weighted by Gasteiger charge is -2.25. The first kappa shape index (κ1) is 12.8. The van der Waals surface area contributed by atoms with Gasteiger partial charge in [0.05, 0.1) is 18.1 Å². The number of nitrogens with zero attached hydrogens (tertiary/aromatic N) is 2. The van der Waals surface area contributed by atoms with Crippen molar-refractivity contribution in [2.75, 3.05) is 4.90 Å². The van der Waals surface area contributed by atoms with E-state index in [1.807, 2.05) is 0 Å². The molecule has 0 radical (unpaired) electrons. The summed E-state index contributed by atoms with van der Waals surface area (Å²) in [6.07, 6.45) is 5.58. The highest BCUT2D eigenvalue weighted by atomic mass is 16.3. The minimum Gasteiger partial charge on any atom is -0.465 e. The maximum absolute atomic E-state index is 12.4. The Hall–Kier alpha value is -3.22.